The number of H-pyrrole nitrogens is 1. The molecular formula is C13H15N5OS. The molecule has 0 radical (unpaired) electrons. The number of hydrogen-bond acceptors (Lipinski definition) is 5. The van der Waals surface area contributed by atoms with Crippen LogP contribution in [-0.4, -0.2) is 35.5 Å². The molecule has 0 fully saturated rings. The molecule has 1 atom stereocenters. The molecular weight excluding hydrogens is 274 g/mol. The fourth-order valence-corrected chi connectivity index (χ4v) is 2.30. The third-order valence-corrected chi connectivity index (χ3v) is 3.39. The lowest BCUT2D eigenvalue weighted by molar-refractivity contribution is 0.0944. The molecule has 0 spiro atoms. The van der Waals surface area contributed by atoms with Gasteiger partial charge < -0.3 is 20.5 Å². The average Bonchev–Trinajstić information content (AvgIpc) is 2.83. The number of amides is 1. The fraction of sp³-hybridized carbons (Fsp3) is 0.231. The minimum absolute atomic E-state index is 0.206. The number of nitrogens with zero attached hydrogens (tertiary/aromatic N) is 2. The van der Waals surface area contributed by atoms with Crippen molar-refractivity contribution in [3.63, 3.8) is 0 Å². The van der Waals surface area contributed by atoms with Gasteiger partial charge in [0.2, 0.25) is 0 Å². The molecule has 104 valence electrons. The largest absolute Gasteiger partial charge is 0.378 e. The predicted octanol–water partition coefficient (Wildman–Crippen LogP) is 1.51. The zero-order valence-electron chi connectivity index (χ0n) is 11.1. The van der Waals surface area contributed by atoms with Crippen LogP contribution in [0.4, 0.5) is 11.5 Å². The van der Waals surface area contributed by atoms with Crippen LogP contribution in [0.2, 0.25) is 0 Å². The van der Waals surface area contributed by atoms with Crippen LogP contribution in [0.1, 0.15) is 10.5 Å². The molecule has 0 saturated heterocycles. The molecule has 0 aliphatic carbocycles. The van der Waals surface area contributed by atoms with Crippen LogP contribution in [0.5, 0.6) is 0 Å². The van der Waals surface area contributed by atoms with Crippen LogP contribution >= 0.6 is 12.6 Å². The van der Waals surface area contributed by atoms with E-state index in [1.165, 1.54) is 0 Å². The minimum Gasteiger partial charge on any atom is -0.378 e. The quantitative estimate of drug-likeness (QED) is 0.632. The Labute approximate surface area is 122 Å². The Morgan fingerprint density at radius 3 is 2.55 bits per heavy atom. The maximum Gasteiger partial charge on any atom is 0.273 e. The van der Waals surface area contributed by atoms with Crippen LogP contribution in [0.25, 0.3) is 11.4 Å². The number of rotatable bonds is 2. The summed E-state index contributed by atoms with van der Waals surface area (Å²) in [6.45, 7) is 0. The van der Waals surface area contributed by atoms with E-state index in [0.717, 1.165) is 11.3 Å². The third-order valence-electron chi connectivity index (χ3n) is 3.13. The highest BCUT2D eigenvalue weighted by Gasteiger charge is 2.25. The molecule has 1 aliphatic heterocycles. The molecule has 1 aromatic heterocycles. The van der Waals surface area contributed by atoms with Gasteiger partial charge in [0.15, 0.2) is 5.82 Å². The predicted molar refractivity (Wildman–Crippen MR) is 82.2 cm³/mol. The standard InChI is InChI=1S/C13H15N5OS/c1-18(2)8-5-3-7(4-6-8)10-14-9-11(15-10)16-13(20)17-12(9)19/h3-6,13,16,20H,1-2H3,(H,14,15)(H,17,19). The lowest BCUT2D eigenvalue weighted by Gasteiger charge is -2.19. The van der Waals surface area contributed by atoms with E-state index in [0.29, 0.717) is 17.3 Å². The molecule has 0 bridgehead atoms. The summed E-state index contributed by atoms with van der Waals surface area (Å²) in [7, 11) is 3.98. The maximum absolute atomic E-state index is 11.8. The van der Waals surface area contributed by atoms with Gasteiger partial charge in [-0.25, -0.2) is 4.98 Å². The monoisotopic (exact) mass is 289 g/mol. The summed E-state index contributed by atoms with van der Waals surface area (Å²) in [5.74, 6) is 0.980. The van der Waals surface area contributed by atoms with Gasteiger partial charge in [0.25, 0.3) is 5.91 Å². The number of carbonyl (C=O) groups excluding carboxylic acids is 1. The second-order valence-electron chi connectivity index (χ2n) is 4.77. The zero-order valence-corrected chi connectivity index (χ0v) is 12.0. The van der Waals surface area contributed by atoms with Gasteiger partial charge >= 0.3 is 0 Å². The summed E-state index contributed by atoms with van der Waals surface area (Å²) in [5, 5.41) is 5.65. The smallest absolute Gasteiger partial charge is 0.273 e. The highest BCUT2D eigenvalue weighted by molar-refractivity contribution is 7.81. The van der Waals surface area contributed by atoms with Crippen molar-refractivity contribution in [3.05, 3.63) is 30.0 Å². The van der Waals surface area contributed by atoms with Crippen LogP contribution in [0, 0.1) is 0 Å². The van der Waals surface area contributed by atoms with Crippen LogP contribution < -0.4 is 15.5 Å². The number of carbonyl (C=O) groups is 1. The van der Waals surface area contributed by atoms with E-state index in [9.17, 15) is 4.79 Å². The van der Waals surface area contributed by atoms with Crippen molar-refractivity contribution in [2.75, 3.05) is 24.3 Å². The van der Waals surface area contributed by atoms with Crippen molar-refractivity contribution in [2.24, 2.45) is 0 Å². The fourth-order valence-electron chi connectivity index (χ4n) is 2.06. The van der Waals surface area contributed by atoms with Crippen molar-refractivity contribution in [3.8, 4) is 11.4 Å². The number of aromatic amines is 1. The summed E-state index contributed by atoms with van der Waals surface area (Å²) < 4.78 is 0. The van der Waals surface area contributed by atoms with Crippen molar-refractivity contribution < 1.29 is 4.79 Å². The molecule has 1 aliphatic rings. The number of nitrogens with one attached hydrogen (secondary N) is 3. The summed E-state index contributed by atoms with van der Waals surface area (Å²) >= 11 is 4.18. The molecule has 7 heteroatoms. The van der Waals surface area contributed by atoms with Gasteiger partial charge in [-0.3, -0.25) is 4.79 Å². The van der Waals surface area contributed by atoms with E-state index in [2.05, 4.69) is 33.2 Å². The van der Waals surface area contributed by atoms with E-state index in [1.54, 1.807) is 0 Å². The number of fused-ring (bicyclic) bond motifs is 1. The van der Waals surface area contributed by atoms with E-state index in [4.69, 9.17) is 0 Å². The first-order chi connectivity index (χ1) is 9.54. The van der Waals surface area contributed by atoms with Crippen LogP contribution in [0.15, 0.2) is 24.3 Å². The highest BCUT2D eigenvalue weighted by atomic mass is 32.1. The van der Waals surface area contributed by atoms with Gasteiger partial charge in [-0.1, -0.05) is 0 Å². The van der Waals surface area contributed by atoms with Gasteiger partial charge in [-0.15, -0.1) is 12.6 Å². The van der Waals surface area contributed by atoms with Crippen molar-refractivity contribution >= 4 is 30.0 Å². The molecule has 1 amide bonds. The van der Waals surface area contributed by atoms with E-state index >= 15 is 0 Å². The Kier molecular flexibility index (Phi) is 3.06. The normalized spacial score (nSPS) is 17.1. The lowest BCUT2D eigenvalue weighted by Crippen LogP contribution is -2.41. The Hall–Kier alpha value is -2.15. The van der Waals surface area contributed by atoms with Crippen molar-refractivity contribution in [2.45, 2.75) is 5.50 Å². The van der Waals surface area contributed by atoms with Gasteiger partial charge in [0.1, 0.15) is 17.0 Å². The number of thiol groups is 1. The number of benzene rings is 1. The second kappa shape index (κ2) is 4.75. The minimum atomic E-state index is -0.415. The summed E-state index contributed by atoms with van der Waals surface area (Å²) in [5.41, 5.74) is 2.05. The molecule has 3 rings (SSSR count). The molecule has 1 aromatic carbocycles. The van der Waals surface area contributed by atoms with Gasteiger partial charge in [-0.05, 0) is 24.3 Å². The lowest BCUT2D eigenvalue weighted by atomic mass is 10.2. The molecule has 20 heavy (non-hydrogen) atoms. The number of anilines is 2. The van der Waals surface area contributed by atoms with Gasteiger partial charge in [0, 0.05) is 25.3 Å². The van der Waals surface area contributed by atoms with Gasteiger partial charge in [-0.2, -0.15) is 0 Å². The third kappa shape index (κ3) is 2.20. The highest BCUT2D eigenvalue weighted by Crippen LogP contribution is 2.25. The van der Waals surface area contributed by atoms with E-state index in [1.807, 2.05) is 43.3 Å². The molecule has 1 unspecified atom stereocenters. The zero-order chi connectivity index (χ0) is 14.3. The topological polar surface area (TPSA) is 73.0 Å². The summed E-state index contributed by atoms with van der Waals surface area (Å²) in [4.78, 5) is 21.3. The molecule has 2 aromatic rings. The van der Waals surface area contributed by atoms with Crippen LogP contribution in [-0.2, 0) is 0 Å². The Morgan fingerprint density at radius 1 is 1.20 bits per heavy atom. The average molecular weight is 289 g/mol. The second-order valence-corrected chi connectivity index (χ2v) is 5.29. The Bertz CT molecular complexity index is 649. The Morgan fingerprint density at radius 2 is 1.90 bits per heavy atom. The van der Waals surface area contributed by atoms with Crippen LogP contribution in [0.3, 0.4) is 0 Å². The van der Waals surface area contributed by atoms with E-state index < -0.39 is 5.50 Å². The first-order valence-electron chi connectivity index (χ1n) is 6.18. The number of hydrogen-bond donors (Lipinski definition) is 4. The molecule has 0 saturated carbocycles. The van der Waals surface area contributed by atoms with Gasteiger partial charge in [0.05, 0.1) is 0 Å². The Balaban J connectivity index is 1.95. The number of imidazole rings is 1. The van der Waals surface area contributed by atoms with E-state index in [-0.39, 0.29) is 5.91 Å². The number of aromatic nitrogens is 2. The first-order valence-corrected chi connectivity index (χ1v) is 6.69. The molecule has 3 N–H and O–H groups in total. The SMILES string of the molecule is CN(C)c1ccc(-c2nc3c([nH]2)C(=O)NC(S)N3)cc1. The first kappa shape index (κ1) is 12.9. The maximum atomic E-state index is 11.8. The van der Waals surface area contributed by atoms with Crippen molar-refractivity contribution in [1.29, 1.82) is 0 Å². The summed E-state index contributed by atoms with van der Waals surface area (Å²) in [6, 6.07) is 7.95. The van der Waals surface area contributed by atoms with Crippen molar-refractivity contribution in [1.82, 2.24) is 15.3 Å². The summed E-state index contributed by atoms with van der Waals surface area (Å²) in [6.07, 6.45) is 0. The molecule has 2 heterocycles. The molecule has 6 nitrogen and oxygen atoms in total.